The molecule has 0 bridgehead atoms. The fraction of sp³-hybridized carbons (Fsp3) is 0.357. The minimum Gasteiger partial charge on any atom is -0.380 e. The number of hydrogen-bond acceptors (Lipinski definition) is 4. The van der Waals surface area contributed by atoms with Gasteiger partial charge in [0.25, 0.3) is 0 Å². The maximum atomic E-state index is 13.7. The lowest BCUT2D eigenvalue weighted by Gasteiger charge is -2.35. The first-order chi connectivity index (χ1) is 20.3. The molecule has 2 aromatic heterocycles. The van der Waals surface area contributed by atoms with Gasteiger partial charge >= 0.3 is 24.7 Å². The van der Waals surface area contributed by atoms with E-state index in [0.29, 0.717) is 37.1 Å². The summed E-state index contributed by atoms with van der Waals surface area (Å²) in [5.41, 5.74) is -8.58. The van der Waals surface area contributed by atoms with Crippen LogP contribution in [0.4, 0.5) is 64.1 Å². The van der Waals surface area contributed by atoms with Crippen molar-refractivity contribution < 1.29 is 52.7 Å². The SMILES string of the molecule is FC(F)(F)c1cc(N[C@@H]2CCCC[C@H]2Nc2cc(C(F)(F)F)nc3c(C(F)(F)F)cccc23)c2cccc(C(F)(F)F)c2n1. The molecule has 0 saturated heterocycles. The van der Waals surface area contributed by atoms with E-state index in [1.54, 1.807) is 0 Å². The summed E-state index contributed by atoms with van der Waals surface area (Å²) in [6.45, 7) is 0. The third-order valence-electron chi connectivity index (χ3n) is 7.32. The molecule has 0 radical (unpaired) electrons. The molecule has 1 fully saturated rings. The van der Waals surface area contributed by atoms with Gasteiger partial charge in [-0.15, -0.1) is 0 Å². The van der Waals surface area contributed by atoms with Gasteiger partial charge in [-0.3, -0.25) is 0 Å². The van der Waals surface area contributed by atoms with Crippen LogP contribution in [0.5, 0.6) is 0 Å². The van der Waals surface area contributed by atoms with Gasteiger partial charge in [0.05, 0.1) is 22.2 Å². The molecule has 4 nitrogen and oxygen atoms in total. The summed E-state index contributed by atoms with van der Waals surface area (Å²) in [7, 11) is 0. The zero-order valence-corrected chi connectivity index (χ0v) is 22.0. The number of rotatable bonds is 4. The Balaban J connectivity index is 1.60. The van der Waals surface area contributed by atoms with E-state index in [1.165, 1.54) is 0 Å². The Morgan fingerprint density at radius 3 is 1.20 bits per heavy atom. The number of hydrogen-bond donors (Lipinski definition) is 2. The topological polar surface area (TPSA) is 49.8 Å². The predicted octanol–water partition coefficient (Wildman–Crippen LogP) is 9.69. The molecule has 1 aliphatic rings. The van der Waals surface area contributed by atoms with Gasteiger partial charge in [0, 0.05) is 34.2 Å². The van der Waals surface area contributed by atoms with Crippen LogP contribution in [0.2, 0.25) is 0 Å². The lowest BCUT2D eigenvalue weighted by Crippen LogP contribution is -2.42. The highest BCUT2D eigenvalue weighted by molar-refractivity contribution is 5.95. The number of anilines is 2. The second-order valence-corrected chi connectivity index (χ2v) is 10.3. The van der Waals surface area contributed by atoms with Crippen molar-refractivity contribution in [3.8, 4) is 0 Å². The Morgan fingerprint density at radius 2 is 0.886 bits per heavy atom. The molecule has 2 aromatic carbocycles. The highest BCUT2D eigenvalue weighted by Crippen LogP contribution is 2.42. The molecule has 2 atom stereocenters. The molecule has 5 rings (SSSR count). The average Bonchev–Trinajstić information content (AvgIpc) is 2.91. The van der Waals surface area contributed by atoms with Gasteiger partial charge in [-0.1, -0.05) is 37.1 Å². The van der Waals surface area contributed by atoms with Crippen LogP contribution in [0.1, 0.15) is 48.2 Å². The number of nitrogens with one attached hydrogen (secondary N) is 2. The minimum atomic E-state index is -5.12. The van der Waals surface area contributed by atoms with Gasteiger partial charge in [-0.2, -0.15) is 52.7 Å². The van der Waals surface area contributed by atoms with E-state index >= 15 is 0 Å². The second-order valence-electron chi connectivity index (χ2n) is 10.3. The third-order valence-corrected chi connectivity index (χ3v) is 7.32. The number of benzene rings is 2. The largest absolute Gasteiger partial charge is 0.433 e. The van der Waals surface area contributed by atoms with Gasteiger partial charge in [0.15, 0.2) is 0 Å². The number of para-hydroxylation sites is 2. The molecule has 16 heteroatoms. The molecule has 2 N–H and O–H groups in total. The Bertz CT molecular complexity index is 1560. The summed E-state index contributed by atoms with van der Waals surface area (Å²) in [6, 6.07) is 4.87. The first kappa shape index (κ1) is 31.4. The van der Waals surface area contributed by atoms with Gasteiger partial charge in [0.1, 0.15) is 11.4 Å². The monoisotopic (exact) mass is 640 g/mol. The van der Waals surface area contributed by atoms with Crippen molar-refractivity contribution >= 4 is 33.2 Å². The van der Waals surface area contributed by atoms with Crippen molar-refractivity contribution in [3.63, 3.8) is 0 Å². The number of nitrogens with zero attached hydrogens (tertiary/aromatic N) is 2. The van der Waals surface area contributed by atoms with Gasteiger partial charge < -0.3 is 10.6 Å². The van der Waals surface area contributed by atoms with Crippen LogP contribution >= 0.6 is 0 Å². The standard InChI is InChI=1S/C28H20F12N4/c29-25(30,31)15-7-3-5-13-19(11-21(27(35,36)37)43-23(13)15)41-17-9-1-2-10-18(17)42-20-12-22(28(38,39)40)44-24-14(20)6-4-8-16(24)26(32,33)34/h3-8,11-12,17-18H,1-2,9-10H2,(H,41,43)(H,42,44)/t17-,18-/m1/s1. The number of pyridine rings is 2. The molecule has 1 aliphatic carbocycles. The zero-order valence-electron chi connectivity index (χ0n) is 22.0. The van der Waals surface area contributed by atoms with E-state index in [4.69, 9.17) is 0 Å². The number of halogens is 12. The van der Waals surface area contributed by atoms with Crippen molar-refractivity contribution in [1.82, 2.24) is 9.97 Å². The Morgan fingerprint density at radius 1 is 0.523 bits per heavy atom. The van der Waals surface area contributed by atoms with E-state index in [9.17, 15) is 52.7 Å². The Kier molecular flexibility index (Phi) is 7.77. The summed E-state index contributed by atoms with van der Waals surface area (Å²) in [5.74, 6) is 0. The fourth-order valence-electron chi connectivity index (χ4n) is 5.36. The highest BCUT2D eigenvalue weighted by Gasteiger charge is 2.40. The zero-order chi connectivity index (χ0) is 32.2. The summed E-state index contributed by atoms with van der Waals surface area (Å²) >= 11 is 0. The highest BCUT2D eigenvalue weighted by atomic mass is 19.4. The van der Waals surface area contributed by atoms with Crippen LogP contribution in [0.25, 0.3) is 21.8 Å². The van der Waals surface area contributed by atoms with E-state index in [0.717, 1.165) is 24.3 Å². The molecular formula is C28H20F12N4. The number of aromatic nitrogens is 2. The van der Waals surface area contributed by atoms with E-state index in [1.807, 2.05) is 0 Å². The van der Waals surface area contributed by atoms with E-state index in [2.05, 4.69) is 20.6 Å². The molecule has 44 heavy (non-hydrogen) atoms. The first-order valence-electron chi connectivity index (χ1n) is 13.0. The van der Waals surface area contributed by atoms with Crippen molar-refractivity contribution in [2.24, 2.45) is 0 Å². The van der Waals surface area contributed by atoms with Crippen LogP contribution in [0.3, 0.4) is 0 Å². The molecule has 4 aromatic rings. The normalized spacial score (nSPS) is 18.5. The summed E-state index contributed by atoms with van der Waals surface area (Å²) in [6.07, 6.45) is -18.8. The molecule has 0 aliphatic heterocycles. The molecule has 0 unspecified atom stereocenters. The lowest BCUT2D eigenvalue weighted by atomic mass is 9.89. The molecule has 2 heterocycles. The predicted molar refractivity (Wildman–Crippen MR) is 137 cm³/mol. The molecule has 236 valence electrons. The quantitative estimate of drug-likeness (QED) is 0.218. The van der Waals surface area contributed by atoms with Gasteiger partial charge in [-0.25, -0.2) is 9.97 Å². The fourth-order valence-corrected chi connectivity index (χ4v) is 5.36. The lowest BCUT2D eigenvalue weighted by molar-refractivity contribution is -0.142. The van der Waals surface area contributed by atoms with Gasteiger partial charge in [-0.05, 0) is 37.1 Å². The summed E-state index contributed by atoms with van der Waals surface area (Å²) in [5, 5.41) is 5.10. The molecule has 0 amide bonds. The minimum absolute atomic E-state index is 0.227. The van der Waals surface area contributed by atoms with Crippen LogP contribution in [-0.2, 0) is 24.7 Å². The third kappa shape index (κ3) is 6.29. The molecular weight excluding hydrogens is 620 g/mol. The van der Waals surface area contributed by atoms with Crippen molar-refractivity contribution in [2.45, 2.75) is 62.5 Å². The first-order valence-corrected chi connectivity index (χ1v) is 13.0. The van der Waals surface area contributed by atoms with Crippen molar-refractivity contribution in [3.05, 3.63) is 71.0 Å². The number of fused-ring (bicyclic) bond motifs is 2. The Labute approximate surface area is 240 Å². The van der Waals surface area contributed by atoms with Crippen LogP contribution in [-0.4, -0.2) is 22.1 Å². The van der Waals surface area contributed by atoms with Crippen LogP contribution in [0.15, 0.2) is 48.5 Å². The number of alkyl halides is 12. The van der Waals surface area contributed by atoms with Crippen molar-refractivity contribution in [1.29, 1.82) is 0 Å². The summed E-state index contributed by atoms with van der Waals surface area (Å²) < 4.78 is 164. The maximum Gasteiger partial charge on any atom is 0.433 e. The second kappa shape index (κ2) is 10.9. The maximum absolute atomic E-state index is 13.7. The van der Waals surface area contributed by atoms with Gasteiger partial charge in [0.2, 0.25) is 0 Å². The summed E-state index contributed by atoms with van der Waals surface area (Å²) in [4.78, 5) is 6.48. The Hall–Kier alpha value is -3.98. The van der Waals surface area contributed by atoms with Crippen LogP contribution < -0.4 is 10.6 Å². The van der Waals surface area contributed by atoms with Crippen molar-refractivity contribution in [2.75, 3.05) is 10.6 Å². The van der Waals surface area contributed by atoms with Crippen LogP contribution in [0, 0.1) is 0 Å². The molecule has 1 saturated carbocycles. The van der Waals surface area contributed by atoms with E-state index < -0.39 is 70.3 Å². The average molecular weight is 640 g/mol. The smallest absolute Gasteiger partial charge is 0.380 e. The molecule has 0 spiro atoms. The van der Waals surface area contributed by atoms with E-state index in [-0.39, 0.29) is 35.0 Å².